The van der Waals surface area contributed by atoms with Gasteiger partial charge in [-0.2, -0.15) is 0 Å². The Hall–Kier alpha value is -5.04. The molecule has 0 unspecified atom stereocenters. The molecule has 0 N–H and O–H groups in total. The zero-order chi connectivity index (χ0) is 37.6. The number of rotatable bonds is 9. The normalized spacial score (nSPS) is 16.6. The van der Waals surface area contributed by atoms with Crippen LogP contribution < -0.4 is 14.2 Å². The lowest BCUT2D eigenvalue weighted by Crippen LogP contribution is -2.39. The fourth-order valence-electron chi connectivity index (χ4n) is 6.22. The molecule has 0 bridgehead atoms. The van der Waals surface area contributed by atoms with E-state index in [2.05, 4.69) is 62.7 Å². The van der Waals surface area contributed by atoms with E-state index >= 15 is 0 Å². The van der Waals surface area contributed by atoms with Gasteiger partial charge in [-0.15, -0.1) is 0 Å². The predicted octanol–water partition coefficient (Wildman–Crippen LogP) is 10.3. The van der Waals surface area contributed by atoms with Gasteiger partial charge >= 0.3 is 17.9 Å². The van der Waals surface area contributed by atoms with Gasteiger partial charge in [0.15, 0.2) is 0 Å². The number of pyridine rings is 3. The number of benzene rings is 3. The number of ether oxygens (including phenoxy) is 3. The quantitative estimate of drug-likeness (QED) is 0.103. The van der Waals surface area contributed by atoms with E-state index in [1.165, 1.54) is 0 Å². The maximum Gasteiger partial charge on any atom is 0.314 e. The Morgan fingerprint density at radius 2 is 0.667 bits per heavy atom. The summed E-state index contributed by atoms with van der Waals surface area (Å²) in [5.74, 6) is -2.91. The molecule has 0 radical (unpaired) electrons. The van der Waals surface area contributed by atoms with E-state index in [4.69, 9.17) is 14.2 Å². The van der Waals surface area contributed by atoms with Crippen molar-refractivity contribution in [3.8, 4) is 51.0 Å². The average molecular weight is 912 g/mol. The summed E-state index contributed by atoms with van der Waals surface area (Å²) < 4.78 is 20.0. The van der Waals surface area contributed by atoms with Crippen molar-refractivity contribution in [2.75, 3.05) is 0 Å². The van der Waals surface area contributed by atoms with Gasteiger partial charge in [-0.25, -0.2) is 0 Å². The number of nitrogens with zero attached hydrogens (tertiary/aromatic N) is 3. The highest BCUT2D eigenvalue weighted by Crippen LogP contribution is 2.37. The minimum Gasteiger partial charge on any atom is -0.426 e. The largest absolute Gasteiger partial charge is 0.426 e. The van der Waals surface area contributed by atoms with Gasteiger partial charge in [-0.1, -0.05) is 0 Å². The molecule has 3 heterocycles. The van der Waals surface area contributed by atoms with Gasteiger partial charge in [-0.3, -0.25) is 29.3 Å². The molecule has 12 heteroatoms. The zero-order valence-corrected chi connectivity index (χ0v) is 33.2. The van der Waals surface area contributed by atoms with E-state index < -0.39 is 35.7 Å². The molecule has 1 saturated carbocycles. The minimum atomic E-state index is -0.765. The summed E-state index contributed by atoms with van der Waals surface area (Å²) >= 11 is 10.2. The van der Waals surface area contributed by atoms with Gasteiger partial charge in [0.1, 0.15) is 17.2 Å². The Labute approximate surface area is 336 Å². The second-order valence-corrected chi connectivity index (χ2v) is 15.5. The number of halogens is 3. The highest BCUT2D eigenvalue weighted by atomic mass is 79.9. The molecule has 3 aromatic carbocycles. The van der Waals surface area contributed by atoms with Crippen molar-refractivity contribution >= 4 is 65.7 Å². The van der Waals surface area contributed by atoms with E-state index in [0.29, 0.717) is 17.2 Å². The third-order valence-corrected chi connectivity index (χ3v) is 10.4. The number of hydrogen-bond donors (Lipinski definition) is 0. The summed E-state index contributed by atoms with van der Waals surface area (Å²) in [5.41, 5.74) is 4.87. The van der Waals surface area contributed by atoms with Crippen LogP contribution in [-0.4, -0.2) is 32.9 Å². The van der Waals surface area contributed by atoms with E-state index in [1.807, 2.05) is 72.8 Å². The number of esters is 3. The van der Waals surface area contributed by atoms with E-state index in [1.54, 1.807) is 55.0 Å². The first-order valence-electron chi connectivity index (χ1n) is 17.0. The van der Waals surface area contributed by atoms with Crippen molar-refractivity contribution in [3.05, 3.63) is 141 Å². The van der Waals surface area contributed by atoms with Crippen molar-refractivity contribution in [1.29, 1.82) is 0 Å². The smallest absolute Gasteiger partial charge is 0.314 e. The predicted molar refractivity (Wildman–Crippen MR) is 213 cm³/mol. The van der Waals surface area contributed by atoms with E-state index in [0.717, 1.165) is 47.2 Å². The molecule has 0 saturated heterocycles. The van der Waals surface area contributed by atoms with Gasteiger partial charge in [0.25, 0.3) is 0 Å². The summed E-state index contributed by atoms with van der Waals surface area (Å²) in [7, 11) is 0. The van der Waals surface area contributed by atoms with Crippen molar-refractivity contribution in [3.63, 3.8) is 0 Å². The Morgan fingerprint density at radius 1 is 0.407 bits per heavy atom. The molecular weight excluding hydrogens is 882 g/mol. The van der Waals surface area contributed by atoms with Crippen LogP contribution in [0.4, 0.5) is 0 Å². The molecule has 3 aromatic heterocycles. The molecule has 54 heavy (non-hydrogen) atoms. The molecule has 270 valence electrons. The number of carbonyl (C=O) groups excluding carboxylic acids is 3. The van der Waals surface area contributed by atoms with Crippen molar-refractivity contribution in [2.45, 2.75) is 19.3 Å². The molecule has 9 nitrogen and oxygen atoms in total. The molecule has 0 atom stereocenters. The maximum absolute atomic E-state index is 13.6. The monoisotopic (exact) mass is 909 g/mol. The summed E-state index contributed by atoms with van der Waals surface area (Å²) in [6, 6.07) is 32.4. The van der Waals surface area contributed by atoms with E-state index in [-0.39, 0.29) is 19.3 Å². The first-order valence-corrected chi connectivity index (χ1v) is 19.4. The fraction of sp³-hybridized carbons (Fsp3) is 0.143. The van der Waals surface area contributed by atoms with Crippen molar-refractivity contribution in [1.82, 2.24) is 15.0 Å². The van der Waals surface area contributed by atoms with Gasteiger partial charge < -0.3 is 14.2 Å². The van der Waals surface area contributed by atoms with Crippen LogP contribution in [-0.2, 0) is 14.4 Å². The van der Waals surface area contributed by atoms with Crippen LogP contribution in [0.2, 0.25) is 0 Å². The molecular formula is C42H30Br3N3O6. The third kappa shape index (κ3) is 9.36. The van der Waals surface area contributed by atoms with Crippen molar-refractivity contribution < 1.29 is 28.6 Å². The van der Waals surface area contributed by atoms with E-state index in [9.17, 15) is 14.4 Å². The number of aromatic nitrogens is 3. The van der Waals surface area contributed by atoms with Crippen LogP contribution in [0.5, 0.6) is 17.2 Å². The van der Waals surface area contributed by atoms with Crippen LogP contribution in [0.3, 0.4) is 0 Å². The third-order valence-electron chi connectivity index (χ3n) is 8.99. The first kappa shape index (κ1) is 37.3. The van der Waals surface area contributed by atoms with Crippen LogP contribution >= 0.6 is 47.8 Å². The molecule has 6 aromatic rings. The Bertz CT molecular complexity index is 1990. The Morgan fingerprint density at radius 3 is 0.889 bits per heavy atom. The standard InChI is InChI=1S/C42H30Br3N3O6/c43-31-7-16-37(46-22-31)25-1-10-34(11-2-25)52-40(49)28-19-29(41(50)53-35-12-3-26(4-13-35)38-17-8-32(44)23-47-38)21-30(20-28)42(51)54-36-14-5-27(6-15-36)39-18-9-33(45)24-48-39/h1-18,22-24,28-30H,19-21H2. The van der Waals surface area contributed by atoms with Gasteiger partial charge in [0, 0.05) is 48.7 Å². The van der Waals surface area contributed by atoms with Gasteiger partial charge in [0.2, 0.25) is 0 Å². The number of hydrogen-bond acceptors (Lipinski definition) is 9. The highest BCUT2D eigenvalue weighted by Gasteiger charge is 2.41. The molecule has 1 fully saturated rings. The maximum atomic E-state index is 13.6. The van der Waals surface area contributed by atoms with Gasteiger partial charge in [-0.05, 0) is 176 Å². The van der Waals surface area contributed by atoms with Crippen LogP contribution in [0.25, 0.3) is 33.8 Å². The lowest BCUT2D eigenvalue weighted by molar-refractivity contribution is -0.150. The summed E-state index contributed by atoms with van der Waals surface area (Å²) in [6.45, 7) is 0. The fourth-order valence-corrected chi connectivity index (χ4v) is 6.92. The SMILES string of the molecule is O=C(Oc1ccc(-c2ccc(Br)cn2)cc1)C1CC(C(=O)Oc2ccc(-c3ccc(Br)cn3)cc2)CC(C(=O)Oc2ccc(-c3ccc(Br)cn3)cc2)C1. The summed E-state index contributed by atoms with van der Waals surface area (Å²) in [6.07, 6.45) is 5.58. The highest BCUT2D eigenvalue weighted by molar-refractivity contribution is 9.11. The van der Waals surface area contributed by atoms with Crippen LogP contribution in [0, 0.1) is 17.8 Å². The molecule has 1 aliphatic rings. The van der Waals surface area contributed by atoms with Crippen molar-refractivity contribution in [2.24, 2.45) is 17.8 Å². The summed E-state index contributed by atoms with van der Waals surface area (Å²) in [4.78, 5) is 54.2. The van der Waals surface area contributed by atoms with Crippen LogP contribution in [0.1, 0.15) is 19.3 Å². The second-order valence-electron chi connectivity index (χ2n) is 12.7. The molecule has 7 rings (SSSR count). The lowest BCUT2D eigenvalue weighted by Gasteiger charge is -2.31. The lowest BCUT2D eigenvalue weighted by atomic mass is 9.75. The Balaban J connectivity index is 1.06. The molecule has 0 spiro atoms. The Kier molecular flexibility index (Phi) is 11.7. The molecule has 0 aliphatic heterocycles. The van der Waals surface area contributed by atoms with Gasteiger partial charge in [0.05, 0.1) is 34.8 Å². The van der Waals surface area contributed by atoms with Crippen LogP contribution in [0.15, 0.2) is 141 Å². The summed E-state index contributed by atoms with van der Waals surface area (Å²) in [5, 5.41) is 0. The zero-order valence-electron chi connectivity index (χ0n) is 28.4. The molecule has 0 amide bonds. The average Bonchev–Trinajstić information content (AvgIpc) is 3.19. The molecule has 1 aliphatic carbocycles. The number of carbonyl (C=O) groups is 3. The topological polar surface area (TPSA) is 118 Å². The first-order chi connectivity index (χ1) is 26.2. The minimum absolute atomic E-state index is 0.151. The second kappa shape index (κ2) is 17.0.